The normalized spacial score (nSPS) is 16.8. The summed E-state index contributed by atoms with van der Waals surface area (Å²) < 4.78 is 5.54. The molecule has 1 fully saturated rings. The molecule has 144 valence electrons. The number of benzene rings is 2. The lowest BCUT2D eigenvalue weighted by Crippen LogP contribution is -2.23. The molecule has 0 bridgehead atoms. The number of thioether (sulfide) groups is 1. The average molecular weight is 394 g/mol. The lowest BCUT2D eigenvalue weighted by atomic mass is 10.1. The highest BCUT2D eigenvalue weighted by atomic mass is 32.2. The topological polar surface area (TPSA) is 62.1 Å². The number of aromatic hydroxyl groups is 1. The van der Waals surface area contributed by atoms with Gasteiger partial charge in [-0.1, -0.05) is 24.3 Å². The van der Waals surface area contributed by atoms with E-state index in [1.807, 2.05) is 43.3 Å². The zero-order valence-corrected chi connectivity index (χ0v) is 16.7. The summed E-state index contributed by atoms with van der Waals surface area (Å²) in [5.74, 6) is 0.393. The number of carbonyl (C=O) groups is 1. The van der Waals surface area contributed by atoms with Gasteiger partial charge in [0.1, 0.15) is 0 Å². The Morgan fingerprint density at radius 1 is 1.29 bits per heavy atom. The van der Waals surface area contributed by atoms with Crippen LogP contribution < -0.4 is 4.74 Å². The summed E-state index contributed by atoms with van der Waals surface area (Å²) >= 11 is 1.32. The molecule has 1 saturated heterocycles. The third-order valence-corrected chi connectivity index (χ3v) is 5.18. The smallest absolute Gasteiger partial charge is 0.266 e. The summed E-state index contributed by atoms with van der Waals surface area (Å²) in [5.41, 5.74) is 2.28. The minimum absolute atomic E-state index is 0.109. The van der Waals surface area contributed by atoms with Gasteiger partial charge in [0.25, 0.3) is 5.91 Å². The van der Waals surface area contributed by atoms with Crippen molar-refractivity contribution in [2.75, 3.05) is 13.7 Å². The predicted octanol–water partition coefficient (Wildman–Crippen LogP) is 4.75. The van der Waals surface area contributed by atoms with Crippen molar-refractivity contribution in [2.24, 2.45) is 4.99 Å². The van der Waals surface area contributed by atoms with Crippen LogP contribution in [0.5, 0.6) is 11.5 Å². The maximum Gasteiger partial charge on any atom is 0.266 e. The monoisotopic (exact) mass is 394 g/mol. The van der Waals surface area contributed by atoms with Crippen molar-refractivity contribution in [2.45, 2.75) is 13.3 Å². The van der Waals surface area contributed by atoms with E-state index >= 15 is 0 Å². The van der Waals surface area contributed by atoms with E-state index in [0.717, 1.165) is 11.3 Å². The maximum absolute atomic E-state index is 12.7. The summed E-state index contributed by atoms with van der Waals surface area (Å²) in [5, 5.41) is 11.0. The molecule has 1 aliphatic rings. The molecule has 2 aromatic carbocycles. The Morgan fingerprint density at radius 3 is 2.71 bits per heavy atom. The van der Waals surface area contributed by atoms with Gasteiger partial charge in [0.05, 0.1) is 17.2 Å². The molecular formula is C22H22N2O3S. The number of amidine groups is 1. The van der Waals surface area contributed by atoms with Crippen LogP contribution in [0.25, 0.3) is 6.08 Å². The third-order valence-electron chi connectivity index (χ3n) is 4.12. The summed E-state index contributed by atoms with van der Waals surface area (Å²) in [7, 11) is 1.71. The minimum atomic E-state index is -0.115. The first-order chi connectivity index (χ1) is 13.5. The predicted molar refractivity (Wildman–Crippen MR) is 115 cm³/mol. The van der Waals surface area contributed by atoms with Gasteiger partial charge < -0.3 is 9.84 Å². The summed E-state index contributed by atoms with van der Waals surface area (Å²) in [6.07, 6.45) is 4.02. The Bertz CT molecular complexity index is 952. The van der Waals surface area contributed by atoms with E-state index in [1.54, 1.807) is 25.3 Å². The fourth-order valence-electron chi connectivity index (χ4n) is 2.77. The lowest BCUT2D eigenvalue weighted by Gasteiger charge is -2.11. The summed E-state index contributed by atoms with van der Waals surface area (Å²) in [6, 6.07) is 13.1. The Labute approximate surface area is 169 Å². The molecule has 6 heteroatoms. The van der Waals surface area contributed by atoms with Gasteiger partial charge in [0.2, 0.25) is 0 Å². The van der Waals surface area contributed by atoms with Crippen molar-refractivity contribution in [3.05, 3.63) is 71.2 Å². The maximum atomic E-state index is 12.7. The van der Waals surface area contributed by atoms with Crippen LogP contribution in [0.2, 0.25) is 0 Å². The first-order valence-electron chi connectivity index (χ1n) is 8.94. The van der Waals surface area contributed by atoms with Crippen LogP contribution in [0.15, 0.2) is 65.0 Å². The minimum Gasteiger partial charge on any atom is -0.504 e. The van der Waals surface area contributed by atoms with Crippen LogP contribution in [0.1, 0.15) is 18.1 Å². The second kappa shape index (κ2) is 8.80. The standard InChI is InChI=1S/C22H22N2O3S/c1-4-9-16-12-15(13-18(20(16)25)27-5-2)14-19-21(26)24(3)22(28-19)23-17-10-7-6-8-11-17/h4,6-8,10-14,25H,1,5,9H2,2-3H3/b19-14+,23-22?. The summed E-state index contributed by atoms with van der Waals surface area (Å²) in [4.78, 5) is 19.3. The third kappa shape index (κ3) is 4.28. The number of carbonyl (C=O) groups excluding carboxylic acids is 1. The Kier molecular flexibility index (Phi) is 6.21. The number of hydrogen-bond donors (Lipinski definition) is 1. The molecular weight excluding hydrogens is 372 g/mol. The highest BCUT2D eigenvalue weighted by molar-refractivity contribution is 8.18. The van der Waals surface area contributed by atoms with Crippen LogP contribution in [0.3, 0.4) is 0 Å². The molecule has 1 amide bonds. The number of phenols is 1. The number of hydrogen-bond acceptors (Lipinski definition) is 5. The molecule has 2 aromatic rings. The van der Waals surface area contributed by atoms with Crippen molar-refractivity contribution in [1.29, 1.82) is 0 Å². The fraction of sp³-hybridized carbons (Fsp3) is 0.182. The molecule has 0 aromatic heterocycles. The Hall–Kier alpha value is -2.99. The largest absolute Gasteiger partial charge is 0.504 e. The van der Waals surface area contributed by atoms with Crippen LogP contribution in [-0.2, 0) is 11.2 Å². The van der Waals surface area contributed by atoms with Gasteiger partial charge in [0.15, 0.2) is 16.7 Å². The van der Waals surface area contributed by atoms with Crippen LogP contribution in [0.4, 0.5) is 5.69 Å². The molecule has 0 unspecified atom stereocenters. The van der Waals surface area contributed by atoms with E-state index in [1.165, 1.54) is 16.7 Å². The zero-order valence-electron chi connectivity index (χ0n) is 15.9. The Morgan fingerprint density at radius 2 is 2.04 bits per heavy atom. The van der Waals surface area contributed by atoms with E-state index in [2.05, 4.69) is 11.6 Å². The highest BCUT2D eigenvalue weighted by Crippen LogP contribution is 2.36. The van der Waals surface area contributed by atoms with Crippen molar-refractivity contribution in [3.8, 4) is 11.5 Å². The number of likely N-dealkylation sites (N-methyl/N-ethyl adjacent to an activating group) is 1. The molecule has 3 rings (SSSR count). The van der Waals surface area contributed by atoms with Gasteiger partial charge in [-0.2, -0.15) is 0 Å². The molecule has 1 aliphatic heterocycles. The number of phenolic OH excluding ortho intramolecular Hbond substituents is 1. The number of nitrogens with zero attached hydrogens (tertiary/aromatic N) is 2. The molecule has 0 radical (unpaired) electrons. The van der Waals surface area contributed by atoms with Gasteiger partial charge >= 0.3 is 0 Å². The molecule has 1 N–H and O–H groups in total. The van der Waals surface area contributed by atoms with E-state index < -0.39 is 0 Å². The van der Waals surface area contributed by atoms with E-state index in [-0.39, 0.29) is 11.7 Å². The van der Waals surface area contributed by atoms with Crippen LogP contribution in [-0.4, -0.2) is 34.7 Å². The summed E-state index contributed by atoms with van der Waals surface area (Å²) in [6.45, 7) is 6.02. The van der Waals surface area contributed by atoms with Crippen molar-refractivity contribution < 1.29 is 14.6 Å². The molecule has 28 heavy (non-hydrogen) atoms. The van der Waals surface area contributed by atoms with E-state index in [4.69, 9.17) is 4.74 Å². The van der Waals surface area contributed by atoms with Gasteiger partial charge in [-0.25, -0.2) is 4.99 Å². The van der Waals surface area contributed by atoms with Crippen molar-refractivity contribution in [3.63, 3.8) is 0 Å². The molecule has 0 spiro atoms. The van der Waals surface area contributed by atoms with Crippen molar-refractivity contribution in [1.82, 2.24) is 4.90 Å². The molecule has 1 heterocycles. The number of rotatable bonds is 6. The van der Waals surface area contributed by atoms with E-state index in [9.17, 15) is 9.90 Å². The number of allylic oxidation sites excluding steroid dienone is 1. The second-order valence-corrected chi connectivity index (χ2v) is 7.17. The average Bonchev–Trinajstić information content (AvgIpc) is 2.94. The quantitative estimate of drug-likeness (QED) is 0.567. The molecule has 0 saturated carbocycles. The SMILES string of the molecule is C=CCc1cc(/C=C2/SC(=Nc3ccccc3)N(C)C2=O)cc(OCC)c1O. The van der Waals surface area contributed by atoms with E-state index in [0.29, 0.717) is 34.4 Å². The number of amides is 1. The lowest BCUT2D eigenvalue weighted by molar-refractivity contribution is -0.121. The van der Waals surface area contributed by atoms with Gasteiger partial charge in [-0.15, -0.1) is 6.58 Å². The number of ether oxygens (including phenoxy) is 1. The second-order valence-electron chi connectivity index (χ2n) is 6.16. The highest BCUT2D eigenvalue weighted by Gasteiger charge is 2.30. The van der Waals surface area contributed by atoms with Gasteiger partial charge in [0, 0.05) is 12.6 Å². The number of para-hydroxylation sites is 1. The first-order valence-corrected chi connectivity index (χ1v) is 9.76. The molecule has 5 nitrogen and oxygen atoms in total. The van der Waals surface area contributed by atoms with Gasteiger partial charge in [-0.05, 0) is 61.0 Å². The van der Waals surface area contributed by atoms with Crippen LogP contribution in [0, 0.1) is 0 Å². The van der Waals surface area contributed by atoms with Gasteiger partial charge in [-0.3, -0.25) is 9.69 Å². The van der Waals surface area contributed by atoms with Crippen LogP contribution >= 0.6 is 11.8 Å². The first kappa shape index (κ1) is 19.8. The fourth-order valence-corrected chi connectivity index (χ4v) is 3.75. The zero-order chi connectivity index (χ0) is 20.1. The number of aliphatic imine (C=N–C) groups is 1. The molecule has 0 aliphatic carbocycles. The van der Waals surface area contributed by atoms with Crippen molar-refractivity contribution >= 4 is 34.6 Å². The Balaban J connectivity index is 1.95. The molecule has 0 atom stereocenters.